The van der Waals surface area contributed by atoms with E-state index in [-0.39, 0.29) is 0 Å². The van der Waals surface area contributed by atoms with Crippen LogP contribution in [0.3, 0.4) is 0 Å². The number of para-hydroxylation sites is 1. The van der Waals surface area contributed by atoms with Gasteiger partial charge in [0.25, 0.3) is 5.76 Å². The van der Waals surface area contributed by atoms with E-state index in [0.29, 0.717) is 35.2 Å². The van der Waals surface area contributed by atoms with Crippen LogP contribution in [0.2, 0.25) is 0 Å². The van der Waals surface area contributed by atoms with E-state index < -0.39 is 17.8 Å². The van der Waals surface area contributed by atoms with E-state index in [0.717, 1.165) is 0 Å². The lowest BCUT2D eigenvalue weighted by atomic mass is 10.1. The first-order valence-electron chi connectivity index (χ1n) is 5.57. The smallest absolute Gasteiger partial charge is 0.326 e. The summed E-state index contributed by atoms with van der Waals surface area (Å²) in [5, 5.41) is 11.8. The number of rotatable bonds is 7. The lowest BCUT2D eigenvalue weighted by molar-refractivity contribution is -0.138. The highest BCUT2D eigenvalue weighted by Crippen LogP contribution is 2.32. The van der Waals surface area contributed by atoms with Gasteiger partial charge in [-0.3, -0.25) is 0 Å². The van der Waals surface area contributed by atoms with E-state index in [9.17, 15) is 13.6 Å². The number of hydrogen-bond acceptors (Lipinski definition) is 3. The van der Waals surface area contributed by atoms with Gasteiger partial charge in [-0.05, 0) is 18.6 Å². The highest BCUT2D eigenvalue weighted by atomic mass is 32.2. The Kier molecular flexibility index (Phi) is 5.91. The van der Waals surface area contributed by atoms with E-state index >= 15 is 0 Å². The van der Waals surface area contributed by atoms with Crippen LogP contribution in [-0.2, 0) is 4.79 Å². The molecular formula is C12H15F2NO2S. The normalized spacial score (nSPS) is 12.4. The predicted octanol–water partition coefficient (Wildman–Crippen LogP) is 3.67. The average molecular weight is 275 g/mol. The van der Waals surface area contributed by atoms with Gasteiger partial charge in [0.2, 0.25) is 0 Å². The molecule has 2 N–H and O–H groups in total. The maximum atomic E-state index is 12.4. The molecule has 0 amide bonds. The van der Waals surface area contributed by atoms with Crippen molar-refractivity contribution in [3.63, 3.8) is 0 Å². The van der Waals surface area contributed by atoms with Crippen molar-refractivity contribution >= 4 is 23.4 Å². The van der Waals surface area contributed by atoms with E-state index in [1.54, 1.807) is 24.3 Å². The Bertz CT molecular complexity index is 401. The Balaban J connectivity index is 2.84. The van der Waals surface area contributed by atoms with Gasteiger partial charge in [-0.25, -0.2) is 4.79 Å². The first-order chi connectivity index (χ1) is 8.54. The molecule has 0 saturated carbocycles. The van der Waals surface area contributed by atoms with E-state index in [4.69, 9.17) is 5.11 Å². The summed E-state index contributed by atoms with van der Waals surface area (Å²) in [6.45, 7) is 1.87. The monoisotopic (exact) mass is 275 g/mol. The number of halogens is 2. The lowest BCUT2D eigenvalue weighted by Crippen LogP contribution is -2.29. The van der Waals surface area contributed by atoms with Crippen LogP contribution in [-0.4, -0.2) is 22.9 Å². The summed E-state index contributed by atoms with van der Waals surface area (Å²) in [6.07, 6.45) is 1.15. The van der Waals surface area contributed by atoms with Crippen molar-refractivity contribution in [1.82, 2.24) is 0 Å². The van der Waals surface area contributed by atoms with Crippen LogP contribution in [0.1, 0.15) is 19.8 Å². The molecule has 0 aromatic heterocycles. The number of aliphatic carboxylic acids is 1. The molecule has 1 aromatic carbocycles. The Labute approximate surface area is 109 Å². The van der Waals surface area contributed by atoms with Gasteiger partial charge in [-0.2, -0.15) is 8.78 Å². The Morgan fingerprint density at radius 3 is 2.67 bits per heavy atom. The zero-order valence-electron chi connectivity index (χ0n) is 9.90. The van der Waals surface area contributed by atoms with Crippen LogP contribution in [0, 0.1) is 0 Å². The summed E-state index contributed by atoms with van der Waals surface area (Å²) < 4.78 is 24.7. The quantitative estimate of drug-likeness (QED) is 0.745. The Hall–Kier alpha value is -1.30. The van der Waals surface area contributed by atoms with Crippen molar-refractivity contribution < 1.29 is 18.7 Å². The second-order valence-electron chi connectivity index (χ2n) is 3.70. The van der Waals surface area contributed by atoms with Gasteiger partial charge >= 0.3 is 5.97 Å². The zero-order valence-corrected chi connectivity index (χ0v) is 10.7. The summed E-state index contributed by atoms with van der Waals surface area (Å²) in [4.78, 5) is 11.4. The largest absolute Gasteiger partial charge is 0.480 e. The number of hydrogen-bond donors (Lipinski definition) is 2. The number of carboxylic acids is 1. The fraction of sp³-hybridized carbons (Fsp3) is 0.417. The topological polar surface area (TPSA) is 49.3 Å². The van der Waals surface area contributed by atoms with Crippen molar-refractivity contribution in [1.29, 1.82) is 0 Å². The molecule has 0 radical (unpaired) electrons. The van der Waals surface area contributed by atoms with Crippen LogP contribution >= 0.6 is 11.8 Å². The summed E-state index contributed by atoms with van der Waals surface area (Å²) in [6, 6.07) is 5.73. The van der Waals surface area contributed by atoms with Gasteiger partial charge in [0.05, 0.1) is 0 Å². The third kappa shape index (κ3) is 4.52. The van der Waals surface area contributed by atoms with E-state index in [2.05, 4.69) is 5.32 Å². The number of alkyl halides is 2. The minimum Gasteiger partial charge on any atom is -0.480 e. The van der Waals surface area contributed by atoms with Crippen LogP contribution in [0.15, 0.2) is 29.2 Å². The molecule has 0 saturated heterocycles. The second kappa shape index (κ2) is 7.20. The van der Waals surface area contributed by atoms with Gasteiger partial charge in [-0.1, -0.05) is 37.2 Å². The first-order valence-corrected chi connectivity index (χ1v) is 6.45. The number of nitrogens with one attached hydrogen (secondary N) is 1. The summed E-state index contributed by atoms with van der Waals surface area (Å²) in [7, 11) is 0. The van der Waals surface area contributed by atoms with Crippen LogP contribution < -0.4 is 5.32 Å². The second-order valence-corrected chi connectivity index (χ2v) is 4.73. The number of carbonyl (C=O) groups is 1. The zero-order chi connectivity index (χ0) is 13.5. The lowest BCUT2D eigenvalue weighted by Gasteiger charge is -2.17. The molecule has 1 atom stereocenters. The van der Waals surface area contributed by atoms with Crippen molar-refractivity contribution in [3.8, 4) is 0 Å². The molecule has 100 valence electrons. The first kappa shape index (κ1) is 14.8. The number of benzene rings is 1. The summed E-state index contributed by atoms with van der Waals surface area (Å²) in [5.74, 6) is -3.50. The molecule has 1 rings (SSSR count). The molecule has 0 aliphatic carbocycles. The summed E-state index contributed by atoms with van der Waals surface area (Å²) >= 11 is 0.408. The molecule has 18 heavy (non-hydrogen) atoms. The van der Waals surface area contributed by atoms with Crippen molar-refractivity contribution in [2.45, 2.75) is 36.5 Å². The van der Waals surface area contributed by atoms with Gasteiger partial charge in [-0.15, -0.1) is 0 Å². The SMILES string of the molecule is CCCC(Nc1ccccc1SC(F)F)C(=O)O. The van der Waals surface area contributed by atoms with Crippen molar-refractivity contribution in [2.75, 3.05) is 5.32 Å². The van der Waals surface area contributed by atoms with Gasteiger partial charge < -0.3 is 10.4 Å². The van der Waals surface area contributed by atoms with E-state index in [1.807, 2.05) is 6.92 Å². The maximum absolute atomic E-state index is 12.4. The fourth-order valence-corrected chi connectivity index (χ4v) is 2.12. The van der Waals surface area contributed by atoms with Gasteiger partial charge in [0.1, 0.15) is 6.04 Å². The highest BCUT2D eigenvalue weighted by Gasteiger charge is 2.18. The molecule has 0 spiro atoms. The molecular weight excluding hydrogens is 260 g/mol. The van der Waals surface area contributed by atoms with Crippen LogP contribution in [0.4, 0.5) is 14.5 Å². The number of anilines is 1. The Morgan fingerprint density at radius 1 is 1.44 bits per heavy atom. The van der Waals surface area contributed by atoms with Crippen molar-refractivity contribution in [3.05, 3.63) is 24.3 Å². The van der Waals surface area contributed by atoms with Crippen molar-refractivity contribution in [2.24, 2.45) is 0 Å². The average Bonchev–Trinajstić information content (AvgIpc) is 2.30. The number of carboxylic acid groups (broad SMARTS) is 1. The molecule has 1 unspecified atom stereocenters. The molecule has 6 heteroatoms. The minimum absolute atomic E-state index is 0.356. The molecule has 0 aliphatic heterocycles. The molecule has 3 nitrogen and oxygen atoms in total. The fourth-order valence-electron chi connectivity index (χ4n) is 1.52. The van der Waals surface area contributed by atoms with E-state index in [1.165, 1.54) is 0 Å². The Morgan fingerprint density at radius 2 is 2.11 bits per heavy atom. The maximum Gasteiger partial charge on any atom is 0.326 e. The standard InChI is InChI=1S/C12H15F2NO2S/c1-2-5-9(11(16)17)15-8-6-3-4-7-10(8)18-12(13)14/h3-4,6-7,9,12,15H,2,5H2,1H3,(H,16,17). The predicted molar refractivity (Wildman–Crippen MR) is 68.3 cm³/mol. The highest BCUT2D eigenvalue weighted by molar-refractivity contribution is 7.99. The molecule has 0 bridgehead atoms. The minimum atomic E-state index is -2.53. The van der Waals surface area contributed by atoms with Gasteiger partial charge in [0.15, 0.2) is 0 Å². The third-order valence-corrected chi connectivity index (χ3v) is 3.10. The van der Waals surface area contributed by atoms with Gasteiger partial charge in [0, 0.05) is 10.6 Å². The van der Waals surface area contributed by atoms with Crippen LogP contribution in [0.5, 0.6) is 0 Å². The molecule has 1 aromatic rings. The van der Waals surface area contributed by atoms with Crippen LogP contribution in [0.25, 0.3) is 0 Å². The molecule has 0 fully saturated rings. The summed E-state index contributed by atoms with van der Waals surface area (Å²) in [5.41, 5.74) is 0.434. The third-order valence-electron chi connectivity index (χ3n) is 2.31. The molecule has 0 aliphatic rings. The number of thioether (sulfide) groups is 1. The molecule has 0 heterocycles.